The van der Waals surface area contributed by atoms with Crippen LogP contribution >= 0.6 is 0 Å². The minimum absolute atomic E-state index is 0.485. The summed E-state index contributed by atoms with van der Waals surface area (Å²) >= 11 is 0. The maximum absolute atomic E-state index is 3.80. The Hall–Kier alpha value is -2.02. The van der Waals surface area contributed by atoms with Gasteiger partial charge in [0, 0.05) is 17.3 Å². The third kappa shape index (κ3) is 4.15. The standard InChI is InChI=1S/C24H31N/c1-4-18(2)19(3)25-24-17-11-10-16-23(24)22-15-9-8-14-21(22)20-12-6-5-7-13-20/h6,8-9,12-19,25H,4-5,7,10-11H2,1-3H3. The Morgan fingerprint density at radius 3 is 2.36 bits per heavy atom. The van der Waals surface area contributed by atoms with Gasteiger partial charge in [-0.15, -0.1) is 0 Å². The van der Waals surface area contributed by atoms with Crippen molar-refractivity contribution in [3.8, 4) is 0 Å². The zero-order chi connectivity index (χ0) is 17.6. The van der Waals surface area contributed by atoms with Crippen molar-refractivity contribution in [1.29, 1.82) is 0 Å². The highest BCUT2D eigenvalue weighted by Crippen LogP contribution is 2.34. The third-order valence-electron chi connectivity index (χ3n) is 5.56. The van der Waals surface area contributed by atoms with Crippen molar-refractivity contribution in [3.05, 3.63) is 71.5 Å². The predicted molar refractivity (Wildman–Crippen MR) is 110 cm³/mol. The van der Waals surface area contributed by atoms with Crippen LogP contribution in [0, 0.1) is 5.92 Å². The van der Waals surface area contributed by atoms with Crippen molar-refractivity contribution in [2.45, 2.75) is 58.9 Å². The summed E-state index contributed by atoms with van der Waals surface area (Å²) in [5, 5.41) is 3.80. The molecule has 1 N–H and O–H groups in total. The van der Waals surface area contributed by atoms with Gasteiger partial charge in [0.05, 0.1) is 0 Å². The molecule has 0 spiro atoms. The average Bonchev–Trinajstić information content (AvgIpc) is 2.68. The van der Waals surface area contributed by atoms with Crippen molar-refractivity contribution in [1.82, 2.24) is 5.32 Å². The van der Waals surface area contributed by atoms with E-state index in [1.807, 2.05) is 0 Å². The van der Waals surface area contributed by atoms with Crippen LogP contribution in [0.2, 0.25) is 0 Å². The average molecular weight is 334 g/mol. The number of allylic oxidation sites excluding steroid dienone is 7. The van der Waals surface area contributed by atoms with Crippen LogP contribution in [0.1, 0.15) is 64.0 Å². The zero-order valence-electron chi connectivity index (χ0n) is 15.9. The van der Waals surface area contributed by atoms with Crippen molar-refractivity contribution in [2.24, 2.45) is 5.92 Å². The molecule has 1 nitrogen and oxygen atoms in total. The first-order valence-electron chi connectivity index (χ1n) is 9.84. The molecule has 0 bridgehead atoms. The number of benzene rings is 1. The first-order valence-corrected chi connectivity index (χ1v) is 9.84. The van der Waals surface area contributed by atoms with E-state index in [0.717, 1.165) is 25.7 Å². The van der Waals surface area contributed by atoms with E-state index < -0.39 is 0 Å². The Balaban J connectivity index is 1.92. The van der Waals surface area contributed by atoms with E-state index in [0.29, 0.717) is 12.0 Å². The molecule has 25 heavy (non-hydrogen) atoms. The molecule has 0 aliphatic heterocycles. The van der Waals surface area contributed by atoms with Gasteiger partial charge in [0.25, 0.3) is 0 Å². The van der Waals surface area contributed by atoms with E-state index in [1.165, 1.54) is 34.4 Å². The zero-order valence-corrected chi connectivity index (χ0v) is 15.9. The molecule has 0 fully saturated rings. The monoisotopic (exact) mass is 333 g/mol. The van der Waals surface area contributed by atoms with E-state index in [2.05, 4.69) is 80.7 Å². The minimum atomic E-state index is 0.485. The second-order valence-corrected chi connectivity index (χ2v) is 7.32. The Labute approximate surface area is 153 Å². The quantitative estimate of drug-likeness (QED) is 0.626. The largest absolute Gasteiger partial charge is 0.382 e. The molecule has 3 rings (SSSR count). The normalized spacial score (nSPS) is 19.6. The summed E-state index contributed by atoms with van der Waals surface area (Å²) in [5.41, 5.74) is 6.76. The minimum Gasteiger partial charge on any atom is -0.382 e. The van der Waals surface area contributed by atoms with Gasteiger partial charge in [-0.2, -0.15) is 0 Å². The third-order valence-corrected chi connectivity index (χ3v) is 5.56. The first kappa shape index (κ1) is 17.8. The van der Waals surface area contributed by atoms with Gasteiger partial charge in [-0.25, -0.2) is 0 Å². The molecule has 0 amide bonds. The molecule has 0 radical (unpaired) electrons. The van der Waals surface area contributed by atoms with Crippen molar-refractivity contribution < 1.29 is 0 Å². The van der Waals surface area contributed by atoms with E-state index in [1.54, 1.807) is 0 Å². The van der Waals surface area contributed by atoms with E-state index in [4.69, 9.17) is 0 Å². The van der Waals surface area contributed by atoms with Crippen LogP contribution < -0.4 is 5.32 Å². The van der Waals surface area contributed by atoms with Crippen LogP contribution in [0.5, 0.6) is 0 Å². The molecular weight excluding hydrogens is 302 g/mol. The van der Waals surface area contributed by atoms with Crippen LogP contribution in [-0.4, -0.2) is 6.04 Å². The van der Waals surface area contributed by atoms with Gasteiger partial charge in [-0.1, -0.05) is 74.9 Å². The van der Waals surface area contributed by atoms with Crippen LogP contribution in [0.3, 0.4) is 0 Å². The Bertz CT molecular complexity index is 717. The molecule has 132 valence electrons. The lowest BCUT2D eigenvalue weighted by Crippen LogP contribution is -2.32. The fourth-order valence-corrected chi connectivity index (χ4v) is 3.59. The maximum Gasteiger partial charge on any atom is 0.0378 e. The van der Waals surface area contributed by atoms with Crippen molar-refractivity contribution in [2.75, 3.05) is 0 Å². The molecule has 0 saturated heterocycles. The molecule has 1 aromatic carbocycles. The SMILES string of the molecule is CCC(C)C(C)NC1=CCCC=C1c1ccccc1C1=CCCC=C1. The number of hydrogen-bond acceptors (Lipinski definition) is 1. The van der Waals surface area contributed by atoms with Gasteiger partial charge in [-0.05, 0) is 55.2 Å². The Morgan fingerprint density at radius 2 is 1.64 bits per heavy atom. The molecule has 0 saturated carbocycles. The summed E-state index contributed by atoms with van der Waals surface area (Å²) in [6.07, 6.45) is 17.5. The summed E-state index contributed by atoms with van der Waals surface area (Å²) in [7, 11) is 0. The van der Waals surface area contributed by atoms with Gasteiger partial charge in [-0.3, -0.25) is 0 Å². The molecular formula is C24H31N. The first-order chi connectivity index (χ1) is 12.2. The van der Waals surface area contributed by atoms with Crippen molar-refractivity contribution >= 4 is 11.1 Å². The topological polar surface area (TPSA) is 12.0 Å². The van der Waals surface area contributed by atoms with Gasteiger partial charge in [0.2, 0.25) is 0 Å². The second-order valence-electron chi connectivity index (χ2n) is 7.32. The fourth-order valence-electron chi connectivity index (χ4n) is 3.59. The lowest BCUT2D eigenvalue weighted by Gasteiger charge is -2.27. The van der Waals surface area contributed by atoms with Crippen LogP contribution in [0.15, 0.2) is 60.3 Å². The summed E-state index contributed by atoms with van der Waals surface area (Å²) in [6, 6.07) is 9.35. The van der Waals surface area contributed by atoms with Crippen LogP contribution in [0.25, 0.3) is 11.1 Å². The molecule has 1 aromatic rings. The predicted octanol–water partition coefficient (Wildman–Crippen LogP) is 6.51. The second kappa shape index (κ2) is 8.38. The van der Waals surface area contributed by atoms with Gasteiger partial charge in [0.1, 0.15) is 0 Å². The summed E-state index contributed by atoms with van der Waals surface area (Å²) < 4.78 is 0. The van der Waals surface area contributed by atoms with E-state index in [-0.39, 0.29) is 0 Å². The van der Waals surface area contributed by atoms with Crippen LogP contribution in [-0.2, 0) is 0 Å². The summed E-state index contributed by atoms with van der Waals surface area (Å²) in [5.74, 6) is 0.670. The smallest absolute Gasteiger partial charge is 0.0378 e. The molecule has 0 aromatic heterocycles. The fraction of sp³-hybridized carbons (Fsp3) is 0.417. The molecule has 1 heteroatoms. The van der Waals surface area contributed by atoms with Gasteiger partial charge in [0.15, 0.2) is 0 Å². The van der Waals surface area contributed by atoms with Gasteiger partial charge >= 0.3 is 0 Å². The Morgan fingerprint density at radius 1 is 0.920 bits per heavy atom. The highest BCUT2D eigenvalue weighted by Gasteiger charge is 2.19. The highest BCUT2D eigenvalue weighted by atomic mass is 14.9. The molecule has 0 heterocycles. The maximum atomic E-state index is 3.80. The van der Waals surface area contributed by atoms with Crippen LogP contribution in [0.4, 0.5) is 0 Å². The molecule has 2 aliphatic carbocycles. The number of hydrogen-bond donors (Lipinski definition) is 1. The Kier molecular flexibility index (Phi) is 5.96. The lowest BCUT2D eigenvalue weighted by molar-refractivity contribution is 0.421. The summed E-state index contributed by atoms with van der Waals surface area (Å²) in [4.78, 5) is 0. The van der Waals surface area contributed by atoms with E-state index in [9.17, 15) is 0 Å². The summed E-state index contributed by atoms with van der Waals surface area (Å²) in [6.45, 7) is 6.90. The van der Waals surface area contributed by atoms with E-state index >= 15 is 0 Å². The lowest BCUT2D eigenvalue weighted by atomic mass is 9.87. The van der Waals surface area contributed by atoms with Gasteiger partial charge < -0.3 is 5.32 Å². The van der Waals surface area contributed by atoms with Crippen molar-refractivity contribution in [3.63, 3.8) is 0 Å². The highest BCUT2D eigenvalue weighted by molar-refractivity contribution is 5.89. The number of nitrogens with one attached hydrogen (secondary N) is 1. The molecule has 2 unspecified atom stereocenters. The molecule has 2 atom stereocenters. The molecule has 2 aliphatic rings. The number of rotatable bonds is 6.